The van der Waals surface area contributed by atoms with Crippen molar-refractivity contribution in [1.82, 2.24) is 15.0 Å². The van der Waals surface area contributed by atoms with Gasteiger partial charge in [-0.1, -0.05) is 12.2 Å². The molecule has 1 atom stereocenters. The van der Waals surface area contributed by atoms with Crippen LogP contribution in [0.25, 0.3) is 6.08 Å². The van der Waals surface area contributed by atoms with E-state index in [-0.39, 0.29) is 5.25 Å². The standard InChI is InChI=1S/C22H27N5O2S/c1-15-12-20-18(13-27(15)21-6-9-23-19-5-3-4-17(19)21)22(25-14-24-20)26-10-7-16(8-11-26)30(2,28)29/h3-4,6,9,14-16H,5,7-8,10-13H2,1-2H3/t15-/m1/s1. The highest BCUT2D eigenvalue weighted by atomic mass is 32.2. The highest BCUT2D eigenvalue weighted by Crippen LogP contribution is 2.36. The zero-order valence-corrected chi connectivity index (χ0v) is 18.3. The first-order chi connectivity index (χ1) is 14.4. The molecule has 1 fully saturated rings. The quantitative estimate of drug-likeness (QED) is 0.747. The molecule has 2 aliphatic heterocycles. The molecular weight excluding hydrogens is 398 g/mol. The predicted molar refractivity (Wildman–Crippen MR) is 118 cm³/mol. The highest BCUT2D eigenvalue weighted by Gasteiger charge is 2.32. The number of piperidine rings is 1. The van der Waals surface area contributed by atoms with Crippen LogP contribution < -0.4 is 9.80 Å². The normalized spacial score (nSPS) is 21.6. The minimum Gasteiger partial charge on any atom is -0.363 e. The molecule has 30 heavy (non-hydrogen) atoms. The Kier molecular flexibility index (Phi) is 4.76. The molecule has 0 amide bonds. The molecule has 8 heteroatoms. The van der Waals surface area contributed by atoms with E-state index >= 15 is 0 Å². The molecule has 0 unspecified atom stereocenters. The maximum Gasteiger partial charge on any atom is 0.150 e. The molecule has 3 aliphatic rings. The van der Waals surface area contributed by atoms with Crippen molar-refractivity contribution >= 4 is 27.4 Å². The lowest BCUT2D eigenvalue weighted by Gasteiger charge is -2.39. The molecule has 158 valence electrons. The van der Waals surface area contributed by atoms with Gasteiger partial charge in [0.05, 0.1) is 16.6 Å². The largest absolute Gasteiger partial charge is 0.363 e. The number of allylic oxidation sites excluding steroid dienone is 1. The number of aromatic nitrogens is 3. The zero-order chi connectivity index (χ0) is 20.9. The second-order valence-electron chi connectivity index (χ2n) is 8.62. The van der Waals surface area contributed by atoms with Gasteiger partial charge in [0.25, 0.3) is 0 Å². The van der Waals surface area contributed by atoms with Gasteiger partial charge in [-0.3, -0.25) is 4.98 Å². The van der Waals surface area contributed by atoms with Gasteiger partial charge in [-0.25, -0.2) is 18.4 Å². The van der Waals surface area contributed by atoms with E-state index in [4.69, 9.17) is 0 Å². The van der Waals surface area contributed by atoms with E-state index in [0.29, 0.717) is 32.0 Å². The molecule has 4 heterocycles. The Hall–Kier alpha value is -2.48. The van der Waals surface area contributed by atoms with Gasteiger partial charge in [-0.2, -0.15) is 0 Å². The van der Waals surface area contributed by atoms with Gasteiger partial charge in [0.1, 0.15) is 22.0 Å². The summed E-state index contributed by atoms with van der Waals surface area (Å²) in [6.07, 6.45) is 12.3. The van der Waals surface area contributed by atoms with Gasteiger partial charge in [0.15, 0.2) is 0 Å². The number of hydrogen-bond donors (Lipinski definition) is 0. The Labute approximate surface area is 177 Å². The second kappa shape index (κ2) is 7.34. The van der Waals surface area contributed by atoms with Crippen LogP contribution in [0.4, 0.5) is 11.5 Å². The van der Waals surface area contributed by atoms with Crippen LogP contribution in [-0.2, 0) is 29.2 Å². The number of rotatable bonds is 3. The minimum absolute atomic E-state index is 0.242. The molecule has 1 saturated heterocycles. The van der Waals surface area contributed by atoms with Gasteiger partial charge in [0, 0.05) is 67.8 Å². The Morgan fingerprint density at radius 3 is 2.67 bits per heavy atom. The number of fused-ring (bicyclic) bond motifs is 2. The Bertz CT molecular complexity index is 1110. The summed E-state index contributed by atoms with van der Waals surface area (Å²) in [6.45, 7) is 4.42. The summed E-state index contributed by atoms with van der Waals surface area (Å²) in [7, 11) is -2.99. The summed E-state index contributed by atoms with van der Waals surface area (Å²) in [5.74, 6) is 0.963. The number of pyridine rings is 1. The van der Waals surface area contributed by atoms with Crippen molar-refractivity contribution in [2.45, 2.75) is 50.4 Å². The third kappa shape index (κ3) is 3.37. The van der Waals surface area contributed by atoms with Gasteiger partial charge >= 0.3 is 0 Å². The van der Waals surface area contributed by atoms with Crippen LogP contribution in [0.1, 0.15) is 42.3 Å². The van der Waals surface area contributed by atoms with Crippen LogP contribution in [0.5, 0.6) is 0 Å². The summed E-state index contributed by atoms with van der Waals surface area (Å²) >= 11 is 0. The van der Waals surface area contributed by atoms with Crippen LogP contribution >= 0.6 is 0 Å². The maximum absolute atomic E-state index is 11.9. The molecule has 1 aliphatic carbocycles. The van der Waals surface area contributed by atoms with E-state index in [1.54, 1.807) is 6.33 Å². The van der Waals surface area contributed by atoms with E-state index in [1.165, 1.54) is 23.1 Å². The lowest BCUT2D eigenvalue weighted by atomic mass is 9.97. The minimum atomic E-state index is -2.99. The average Bonchev–Trinajstić information content (AvgIpc) is 3.21. The van der Waals surface area contributed by atoms with Crippen molar-refractivity contribution in [2.24, 2.45) is 0 Å². The van der Waals surface area contributed by atoms with Crippen LogP contribution in [0.15, 0.2) is 24.7 Å². The predicted octanol–water partition coefficient (Wildman–Crippen LogP) is 2.41. The smallest absolute Gasteiger partial charge is 0.150 e. The van der Waals surface area contributed by atoms with Crippen LogP contribution in [-0.4, -0.2) is 54.0 Å². The average molecular weight is 426 g/mol. The fraction of sp³-hybridized carbons (Fsp3) is 0.500. The molecule has 7 nitrogen and oxygen atoms in total. The Morgan fingerprint density at radius 1 is 1.10 bits per heavy atom. The second-order valence-corrected chi connectivity index (χ2v) is 10.9. The zero-order valence-electron chi connectivity index (χ0n) is 17.5. The summed E-state index contributed by atoms with van der Waals surface area (Å²) in [5.41, 5.74) is 5.85. The molecule has 0 N–H and O–H groups in total. The molecular formula is C22H27N5O2S. The molecule has 0 bridgehead atoms. The Morgan fingerprint density at radius 2 is 1.90 bits per heavy atom. The monoisotopic (exact) mass is 425 g/mol. The first kappa shape index (κ1) is 19.5. The molecule has 5 rings (SSSR count). The van der Waals surface area contributed by atoms with Crippen molar-refractivity contribution in [1.29, 1.82) is 0 Å². The first-order valence-electron chi connectivity index (χ1n) is 10.6. The van der Waals surface area contributed by atoms with Gasteiger partial charge < -0.3 is 9.80 Å². The van der Waals surface area contributed by atoms with Crippen molar-refractivity contribution in [2.75, 3.05) is 29.1 Å². The summed E-state index contributed by atoms with van der Waals surface area (Å²) < 4.78 is 23.9. The Balaban J connectivity index is 1.45. The molecule has 0 saturated carbocycles. The molecule has 0 aromatic carbocycles. The lowest BCUT2D eigenvalue weighted by molar-refractivity contribution is 0.526. The SMILES string of the molecule is C[C@@H]1Cc2ncnc(N3CCC(S(C)(=O)=O)CC3)c2CN1c1ccnc2c1C=CC2. The molecule has 0 radical (unpaired) electrons. The third-order valence-electron chi connectivity index (χ3n) is 6.66. The number of hydrogen-bond acceptors (Lipinski definition) is 7. The number of anilines is 2. The van der Waals surface area contributed by atoms with Gasteiger partial charge in [-0.05, 0) is 25.8 Å². The molecule has 0 spiro atoms. The van der Waals surface area contributed by atoms with Crippen molar-refractivity contribution in [3.8, 4) is 0 Å². The third-order valence-corrected chi connectivity index (χ3v) is 8.35. The summed E-state index contributed by atoms with van der Waals surface area (Å²) in [5, 5.41) is -0.242. The topological polar surface area (TPSA) is 79.3 Å². The van der Waals surface area contributed by atoms with E-state index in [0.717, 1.165) is 36.6 Å². The molecule has 2 aromatic heterocycles. The van der Waals surface area contributed by atoms with E-state index in [2.05, 4.69) is 49.9 Å². The van der Waals surface area contributed by atoms with Crippen LogP contribution in [0.2, 0.25) is 0 Å². The van der Waals surface area contributed by atoms with Crippen molar-refractivity contribution in [3.05, 3.63) is 47.2 Å². The van der Waals surface area contributed by atoms with Crippen LogP contribution in [0, 0.1) is 0 Å². The summed E-state index contributed by atoms with van der Waals surface area (Å²) in [4.78, 5) is 18.4. The van der Waals surface area contributed by atoms with Gasteiger partial charge in [0.2, 0.25) is 0 Å². The number of nitrogens with zero attached hydrogens (tertiary/aromatic N) is 5. The van der Waals surface area contributed by atoms with E-state index in [9.17, 15) is 8.42 Å². The fourth-order valence-corrected chi connectivity index (χ4v) is 6.04. The van der Waals surface area contributed by atoms with Crippen LogP contribution in [0.3, 0.4) is 0 Å². The van der Waals surface area contributed by atoms with E-state index in [1.807, 2.05) is 6.20 Å². The van der Waals surface area contributed by atoms with Gasteiger partial charge in [-0.15, -0.1) is 0 Å². The van der Waals surface area contributed by atoms with Crippen molar-refractivity contribution < 1.29 is 8.42 Å². The first-order valence-corrected chi connectivity index (χ1v) is 12.5. The highest BCUT2D eigenvalue weighted by molar-refractivity contribution is 7.91. The van der Waals surface area contributed by atoms with E-state index < -0.39 is 9.84 Å². The lowest BCUT2D eigenvalue weighted by Crippen LogP contribution is -2.43. The molecule has 2 aromatic rings. The maximum atomic E-state index is 11.9. The number of sulfone groups is 1. The summed E-state index contributed by atoms with van der Waals surface area (Å²) in [6, 6.07) is 2.44. The van der Waals surface area contributed by atoms with Crippen molar-refractivity contribution in [3.63, 3.8) is 0 Å². The fourth-order valence-electron chi connectivity index (χ4n) is 4.97.